The van der Waals surface area contributed by atoms with E-state index in [9.17, 15) is 9.59 Å². The molecule has 1 N–H and O–H groups in total. The third-order valence-electron chi connectivity index (χ3n) is 2.49. The molecule has 0 radical (unpaired) electrons. The Bertz CT molecular complexity index is 213. The summed E-state index contributed by atoms with van der Waals surface area (Å²) in [4.78, 5) is 21.9. The first-order chi connectivity index (χ1) is 7.61. The quantitative estimate of drug-likeness (QED) is 0.488. The first-order valence-corrected chi connectivity index (χ1v) is 6.00. The number of carboxylic acids is 1. The van der Waals surface area contributed by atoms with E-state index in [4.69, 9.17) is 9.84 Å². The van der Waals surface area contributed by atoms with Crippen molar-refractivity contribution in [1.82, 2.24) is 0 Å². The number of hydrogen-bond acceptors (Lipinski definition) is 3. The van der Waals surface area contributed by atoms with Crippen molar-refractivity contribution in [2.24, 2.45) is 5.92 Å². The fourth-order valence-corrected chi connectivity index (χ4v) is 1.42. The van der Waals surface area contributed by atoms with Crippen molar-refractivity contribution in [3.8, 4) is 0 Å². The van der Waals surface area contributed by atoms with Crippen LogP contribution in [0.15, 0.2) is 0 Å². The molecular weight excluding hydrogens is 208 g/mol. The van der Waals surface area contributed by atoms with Gasteiger partial charge in [0.15, 0.2) is 0 Å². The molecule has 0 spiro atoms. The SMILES string of the molecule is CCCCCCOC(=O)C(CC)CC(=O)O. The molecule has 0 aliphatic rings. The van der Waals surface area contributed by atoms with Gasteiger partial charge in [-0.3, -0.25) is 9.59 Å². The molecule has 0 aromatic heterocycles. The molecule has 0 bridgehead atoms. The molecule has 0 aromatic carbocycles. The van der Waals surface area contributed by atoms with Crippen LogP contribution in [0.4, 0.5) is 0 Å². The van der Waals surface area contributed by atoms with Crippen LogP contribution in [0.5, 0.6) is 0 Å². The Kier molecular flexibility index (Phi) is 8.58. The molecular formula is C12H22O4. The van der Waals surface area contributed by atoms with Crippen LogP contribution in [0.3, 0.4) is 0 Å². The Morgan fingerprint density at radius 1 is 1.19 bits per heavy atom. The molecule has 4 heteroatoms. The van der Waals surface area contributed by atoms with Crippen LogP contribution in [0.1, 0.15) is 52.4 Å². The minimum Gasteiger partial charge on any atom is -0.481 e. The molecule has 0 aromatic rings. The highest BCUT2D eigenvalue weighted by molar-refractivity contribution is 5.78. The zero-order valence-electron chi connectivity index (χ0n) is 10.2. The third-order valence-corrected chi connectivity index (χ3v) is 2.49. The Morgan fingerprint density at radius 2 is 1.88 bits per heavy atom. The highest BCUT2D eigenvalue weighted by Crippen LogP contribution is 2.11. The Hall–Kier alpha value is -1.06. The molecule has 94 valence electrons. The Morgan fingerprint density at radius 3 is 2.38 bits per heavy atom. The molecule has 0 aliphatic heterocycles. The van der Waals surface area contributed by atoms with E-state index in [0.717, 1.165) is 25.7 Å². The maximum atomic E-state index is 11.5. The molecule has 0 rings (SSSR count). The van der Waals surface area contributed by atoms with Gasteiger partial charge in [-0.15, -0.1) is 0 Å². The predicted molar refractivity (Wildman–Crippen MR) is 61.1 cm³/mol. The summed E-state index contributed by atoms with van der Waals surface area (Å²) in [6.07, 6.45) is 4.58. The summed E-state index contributed by atoms with van der Waals surface area (Å²) >= 11 is 0. The number of esters is 1. The first-order valence-electron chi connectivity index (χ1n) is 6.00. The van der Waals surface area contributed by atoms with Gasteiger partial charge < -0.3 is 9.84 Å². The van der Waals surface area contributed by atoms with E-state index in [0.29, 0.717) is 13.0 Å². The summed E-state index contributed by atoms with van der Waals surface area (Å²) in [5.41, 5.74) is 0. The second-order valence-electron chi connectivity index (χ2n) is 3.93. The zero-order chi connectivity index (χ0) is 12.4. The number of unbranched alkanes of at least 4 members (excludes halogenated alkanes) is 3. The molecule has 0 heterocycles. The second-order valence-corrected chi connectivity index (χ2v) is 3.93. The summed E-state index contributed by atoms with van der Waals surface area (Å²) in [6, 6.07) is 0. The van der Waals surface area contributed by atoms with Gasteiger partial charge in [0, 0.05) is 0 Å². The lowest BCUT2D eigenvalue weighted by atomic mass is 10.0. The zero-order valence-corrected chi connectivity index (χ0v) is 10.2. The monoisotopic (exact) mass is 230 g/mol. The van der Waals surface area contributed by atoms with Crippen molar-refractivity contribution in [3.63, 3.8) is 0 Å². The van der Waals surface area contributed by atoms with Crippen LogP contribution in [0.2, 0.25) is 0 Å². The van der Waals surface area contributed by atoms with Crippen LogP contribution in [-0.4, -0.2) is 23.7 Å². The number of hydrogen-bond donors (Lipinski definition) is 1. The average molecular weight is 230 g/mol. The summed E-state index contributed by atoms with van der Waals surface area (Å²) in [5.74, 6) is -1.82. The standard InChI is InChI=1S/C12H22O4/c1-3-5-6-7-8-16-12(15)10(4-2)9-11(13)14/h10H,3-9H2,1-2H3,(H,13,14). The number of carbonyl (C=O) groups is 2. The molecule has 0 saturated carbocycles. The van der Waals surface area contributed by atoms with Gasteiger partial charge in [-0.1, -0.05) is 33.1 Å². The van der Waals surface area contributed by atoms with Crippen molar-refractivity contribution >= 4 is 11.9 Å². The van der Waals surface area contributed by atoms with Crippen LogP contribution >= 0.6 is 0 Å². The van der Waals surface area contributed by atoms with E-state index in [1.807, 2.05) is 0 Å². The fraction of sp³-hybridized carbons (Fsp3) is 0.833. The molecule has 16 heavy (non-hydrogen) atoms. The van der Waals surface area contributed by atoms with Gasteiger partial charge in [0.25, 0.3) is 0 Å². The van der Waals surface area contributed by atoms with Crippen LogP contribution in [-0.2, 0) is 14.3 Å². The van der Waals surface area contributed by atoms with Crippen LogP contribution in [0, 0.1) is 5.92 Å². The van der Waals surface area contributed by atoms with E-state index in [2.05, 4.69) is 6.92 Å². The number of aliphatic carboxylic acids is 1. The molecule has 0 fully saturated rings. The summed E-state index contributed by atoms with van der Waals surface area (Å²) < 4.78 is 5.04. The van der Waals surface area contributed by atoms with Crippen molar-refractivity contribution in [2.75, 3.05) is 6.61 Å². The lowest BCUT2D eigenvalue weighted by molar-refractivity contribution is -0.153. The van der Waals surface area contributed by atoms with Gasteiger partial charge in [-0.2, -0.15) is 0 Å². The molecule has 0 amide bonds. The van der Waals surface area contributed by atoms with Crippen molar-refractivity contribution in [2.45, 2.75) is 52.4 Å². The lowest BCUT2D eigenvalue weighted by Gasteiger charge is -2.11. The minimum absolute atomic E-state index is 0.135. The summed E-state index contributed by atoms with van der Waals surface area (Å²) in [7, 11) is 0. The van der Waals surface area contributed by atoms with Crippen LogP contribution < -0.4 is 0 Å². The smallest absolute Gasteiger partial charge is 0.309 e. The molecule has 0 aliphatic carbocycles. The second kappa shape index (κ2) is 9.19. The van der Waals surface area contributed by atoms with Crippen molar-refractivity contribution in [3.05, 3.63) is 0 Å². The Labute approximate surface area is 97.0 Å². The third kappa shape index (κ3) is 7.26. The summed E-state index contributed by atoms with van der Waals surface area (Å²) in [5, 5.41) is 8.60. The number of carbonyl (C=O) groups excluding carboxylic acids is 1. The van der Waals surface area contributed by atoms with Crippen molar-refractivity contribution in [1.29, 1.82) is 0 Å². The minimum atomic E-state index is -0.949. The number of ether oxygens (including phenoxy) is 1. The lowest BCUT2D eigenvalue weighted by Crippen LogP contribution is -2.20. The first kappa shape index (κ1) is 14.9. The fourth-order valence-electron chi connectivity index (χ4n) is 1.42. The van der Waals surface area contributed by atoms with E-state index in [1.54, 1.807) is 6.92 Å². The highest BCUT2D eigenvalue weighted by atomic mass is 16.5. The largest absolute Gasteiger partial charge is 0.481 e. The van der Waals surface area contributed by atoms with Gasteiger partial charge in [0.1, 0.15) is 0 Å². The number of carboxylic acid groups (broad SMARTS) is 1. The maximum absolute atomic E-state index is 11.5. The normalized spacial score (nSPS) is 12.1. The van der Waals surface area contributed by atoms with Gasteiger partial charge in [-0.25, -0.2) is 0 Å². The van der Waals surface area contributed by atoms with Gasteiger partial charge in [0.2, 0.25) is 0 Å². The molecule has 1 atom stereocenters. The van der Waals surface area contributed by atoms with Crippen molar-refractivity contribution < 1.29 is 19.4 Å². The molecule has 0 saturated heterocycles. The van der Waals surface area contributed by atoms with E-state index < -0.39 is 11.9 Å². The van der Waals surface area contributed by atoms with E-state index in [1.165, 1.54) is 0 Å². The number of rotatable bonds is 9. The Balaban J connectivity index is 3.71. The van der Waals surface area contributed by atoms with Gasteiger partial charge >= 0.3 is 11.9 Å². The maximum Gasteiger partial charge on any atom is 0.309 e. The molecule has 1 unspecified atom stereocenters. The topological polar surface area (TPSA) is 63.6 Å². The summed E-state index contributed by atoms with van der Waals surface area (Å²) in [6.45, 7) is 4.33. The van der Waals surface area contributed by atoms with Crippen LogP contribution in [0.25, 0.3) is 0 Å². The van der Waals surface area contributed by atoms with Gasteiger partial charge in [0.05, 0.1) is 18.9 Å². The van der Waals surface area contributed by atoms with E-state index in [-0.39, 0.29) is 12.4 Å². The average Bonchev–Trinajstić information content (AvgIpc) is 2.25. The van der Waals surface area contributed by atoms with E-state index >= 15 is 0 Å². The van der Waals surface area contributed by atoms with Gasteiger partial charge in [-0.05, 0) is 12.8 Å². The molecule has 4 nitrogen and oxygen atoms in total. The predicted octanol–water partition coefficient (Wildman–Crippen LogP) is 2.61. The highest BCUT2D eigenvalue weighted by Gasteiger charge is 2.20.